The third-order valence-corrected chi connectivity index (χ3v) is 5.08. The SMILES string of the molecule is CCOc1cc(CCCNC(=NC)NCCCCN2CCCC2)ccc1OC.I. The quantitative estimate of drug-likeness (QED) is 0.191. The van der Waals surface area contributed by atoms with Crippen molar-refractivity contribution in [3.8, 4) is 11.5 Å². The largest absolute Gasteiger partial charge is 0.493 e. The Morgan fingerprint density at radius 2 is 1.79 bits per heavy atom. The highest BCUT2D eigenvalue weighted by Crippen LogP contribution is 2.28. The second kappa shape index (κ2) is 15.6. The first-order valence-corrected chi connectivity index (χ1v) is 10.7. The van der Waals surface area contributed by atoms with E-state index < -0.39 is 0 Å². The molecular weight excluding hydrogens is 479 g/mol. The van der Waals surface area contributed by atoms with Gasteiger partial charge >= 0.3 is 0 Å². The van der Waals surface area contributed by atoms with Gasteiger partial charge in [0.25, 0.3) is 0 Å². The lowest BCUT2D eigenvalue weighted by molar-refractivity contribution is 0.310. The van der Waals surface area contributed by atoms with Crippen LogP contribution in [0.4, 0.5) is 0 Å². The van der Waals surface area contributed by atoms with Crippen LogP contribution in [0.15, 0.2) is 23.2 Å². The molecule has 29 heavy (non-hydrogen) atoms. The molecule has 1 aliphatic heterocycles. The zero-order valence-electron chi connectivity index (χ0n) is 18.3. The molecule has 1 saturated heterocycles. The van der Waals surface area contributed by atoms with Crippen LogP contribution < -0.4 is 20.1 Å². The van der Waals surface area contributed by atoms with Gasteiger partial charge in [-0.1, -0.05) is 6.07 Å². The van der Waals surface area contributed by atoms with Gasteiger partial charge in [-0.2, -0.15) is 0 Å². The predicted octanol–water partition coefficient (Wildman–Crippen LogP) is 3.69. The number of nitrogens with one attached hydrogen (secondary N) is 2. The van der Waals surface area contributed by atoms with E-state index in [2.05, 4.69) is 32.7 Å². The number of methoxy groups -OCH3 is 1. The second-order valence-corrected chi connectivity index (χ2v) is 7.20. The molecule has 0 spiro atoms. The number of aryl methyl sites for hydroxylation is 1. The summed E-state index contributed by atoms with van der Waals surface area (Å²) in [6, 6.07) is 6.17. The minimum atomic E-state index is 0. The molecule has 7 heteroatoms. The van der Waals surface area contributed by atoms with Crippen LogP contribution in [-0.4, -0.2) is 64.3 Å². The molecule has 2 N–H and O–H groups in total. The molecule has 1 aliphatic rings. The van der Waals surface area contributed by atoms with E-state index in [1.807, 2.05) is 20.0 Å². The fraction of sp³-hybridized carbons (Fsp3) is 0.682. The molecule has 1 aromatic rings. The van der Waals surface area contributed by atoms with Gasteiger partial charge in [-0.3, -0.25) is 4.99 Å². The van der Waals surface area contributed by atoms with E-state index in [1.165, 1.54) is 50.9 Å². The van der Waals surface area contributed by atoms with Crippen LogP contribution in [0.1, 0.15) is 44.6 Å². The van der Waals surface area contributed by atoms with E-state index in [0.717, 1.165) is 43.4 Å². The molecule has 0 aliphatic carbocycles. The Morgan fingerprint density at radius 1 is 1.07 bits per heavy atom. The number of rotatable bonds is 12. The van der Waals surface area contributed by atoms with Crippen molar-refractivity contribution >= 4 is 29.9 Å². The number of likely N-dealkylation sites (tertiary alicyclic amines) is 1. The highest BCUT2D eigenvalue weighted by Gasteiger charge is 2.10. The van der Waals surface area contributed by atoms with Gasteiger partial charge in [0, 0.05) is 20.1 Å². The van der Waals surface area contributed by atoms with E-state index in [1.54, 1.807) is 7.11 Å². The van der Waals surface area contributed by atoms with E-state index >= 15 is 0 Å². The molecule has 0 atom stereocenters. The Labute approximate surface area is 193 Å². The molecule has 0 saturated carbocycles. The van der Waals surface area contributed by atoms with Crippen LogP contribution in [0.2, 0.25) is 0 Å². The van der Waals surface area contributed by atoms with E-state index in [4.69, 9.17) is 9.47 Å². The van der Waals surface area contributed by atoms with E-state index in [9.17, 15) is 0 Å². The van der Waals surface area contributed by atoms with Crippen LogP contribution in [-0.2, 0) is 6.42 Å². The van der Waals surface area contributed by atoms with Crippen molar-refractivity contribution in [1.82, 2.24) is 15.5 Å². The molecule has 0 radical (unpaired) electrons. The molecule has 0 amide bonds. The lowest BCUT2D eigenvalue weighted by Crippen LogP contribution is -2.38. The molecule has 0 unspecified atom stereocenters. The number of unbranched alkanes of at least 4 members (excludes halogenated alkanes) is 1. The van der Waals surface area contributed by atoms with Gasteiger partial charge in [-0.15, -0.1) is 24.0 Å². The fourth-order valence-electron chi connectivity index (χ4n) is 3.54. The molecule has 0 aromatic heterocycles. The number of aliphatic imine (C=N–C) groups is 1. The maximum Gasteiger partial charge on any atom is 0.190 e. The number of benzene rings is 1. The molecular formula is C22H39IN4O2. The van der Waals surface area contributed by atoms with Crippen molar-refractivity contribution in [1.29, 1.82) is 0 Å². The molecule has 1 aromatic carbocycles. The number of guanidine groups is 1. The van der Waals surface area contributed by atoms with Crippen molar-refractivity contribution < 1.29 is 9.47 Å². The van der Waals surface area contributed by atoms with Gasteiger partial charge in [-0.05, 0) is 82.8 Å². The normalized spacial score (nSPS) is 14.4. The first-order valence-electron chi connectivity index (χ1n) is 10.7. The fourth-order valence-corrected chi connectivity index (χ4v) is 3.54. The highest BCUT2D eigenvalue weighted by atomic mass is 127. The molecule has 166 valence electrons. The summed E-state index contributed by atoms with van der Waals surface area (Å²) in [5, 5.41) is 6.82. The Hall–Kier alpha value is -1.22. The molecule has 0 bridgehead atoms. The molecule has 2 rings (SSSR count). The molecule has 1 fully saturated rings. The maximum absolute atomic E-state index is 5.65. The number of ether oxygens (including phenoxy) is 2. The average Bonchev–Trinajstić information content (AvgIpc) is 3.23. The summed E-state index contributed by atoms with van der Waals surface area (Å²) in [4.78, 5) is 6.89. The van der Waals surface area contributed by atoms with Crippen molar-refractivity contribution in [3.05, 3.63) is 23.8 Å². The van der Waals surface area contributed by atoms with Gasteiger partial charge in [0.05, 0.1) is 13.7 Å². The van der Waals surface area contributed by atoms with Crippen LogP contribution in [0.3, 0.4) is 0 Å². The summed E-state index contributed by atoms with van der Waals surface area (Å²) in [5.74, 6) is 2.51. The summed E-state index contributed by atoms with van der Waals surface area (Å²) >= 11 is 0. The van der Waals surface area contributed by atoms with Crippen LogP contribution in [0, 0.1) is 0 Å². The Balaban J connectivity index is 0.00000420. The predicted molar refractivity (Wildman–Crippen MR) is 132 cm³/mol. The van der Waals surface area contributed by atoms with Crippen molar-refractivity contribution in [2.24, 2.45) is 4.99 Å². The number of halogens is 1. The summed E-state index contributed by atoms with van der Waals surface area (Å²) in [5.41, 5.74) is 1.26. The van der Waals surface area contributed by atoms with Gasteiger partial charge in [0.1, 0.15) is 0 Å². The standard InChI is InChI=1S/C22H38N4O2.HI/c1-4-28-21-18-19(11-12-20(21)27-3)10-9-14-25-22(23-2)24-13-5-6-15-26-16-7-8-17-26;/h11-12,18H,4-10,13-17H2,1-3H3,(H2,23,24,25);1H. The first kappa shape index (κ1) is 25.8. The van der Waals surface area contributed by atoms with Crippen molar-refractivity contribution in [2.45, 2.75) is 45.4 Å². The smallest absolute Gasteiger partial charge is 0.190 e. The summed E-state index contributed by atoms with van der Waals surface area (Å²) < 4.78 is 11.0. The van der Waals surface area contributed by atoms with E-state index in [0.29, 0.717) is 6.61 Å². The third kappa shape index (κ3) is 9.89. The average molecular weight is 518 g/mol. The number of hydrogen-bond acceptors (Lipinski definition) is 4. The van der Waals surface area contributed by atoms with Crippen LogP contribution >= 0.6 is 24.0 Å². The Bertz CT molecular complexity index is 592. The van der Waals surface area contributed by atoms with Gasteiger partial charge in [0.15, 0.2) is 17.5 Å². The zero-order valence-corrected chi connectivity index (χ0v) is 20.7. The molecule has 1 heterocycles. The summed E-state index contributed by atoms with van der Waals surface area (Å²) in [7, 11) is 3.50. The minimum absolute atomic E-state index is 0. The first-order chi connectivity index (χ1) is 13.8. The topological polar surface area (TPSA) is 58.1 Å². The monoisotopic (exact) mass is 518 g/mol. The number of nitrogens with zero attached hydrogens (tertiary/aromatic N) is 2. The van der Waals surface area contributed by atoms with Gasteiger partial charge in [-0.25, -0.2) is 0 Å². The van der Waals surface area contributed by atoms with Crippen molar-refractivity contribution in [3.63, 3.8) is 0 Å². The summed E-state index contributed by atoms with van der Waals surface area (Å²) in [6.45, 7) is 8.31. The Kier molecular flexibility index (Phi) is 13.9. The van der Waals surface area contributed by atoms with Gasteiger partial charge in [0.2, 0.25) is 0 Å². The summed E-state index contributed by atoms with van der Waals surface area (Å²) in [6.07, 6.45) is 7.21. The van der Waals surface area contributed by atoms with E-state index in [-0.39, 0.29) is 24.0 Å². The highest BCUT2D eigenvalue weighted by molar-refractivity contribution is 14.0. The lowest BCUT2D eigenvalue weighted by Gasteiger charge is -2.15. The minimum Gasteiger partial charge on any atom is -0.493 e. The maximum atomic E-state index is 5.65. The van der Waals surface area contributed by atoms with Gasteiger partial charge < -0.3 is 25.0 Å². The van der Waals surface area contributed by atoms with Crippen molar-refractivity contribution in [2.75, 3.05) is 53.5 Å². The lowest BCUT2D eigenvalue weighted by atomic mass is 10.1. The zero-order chi connectivity index (χ0) is 20.0. The molecule has 6 nitrogen and oxygen atoms in total. The Morgan fingerprint density at radius 3 is 2.45 bits per heavy atom. The number of hydrogen-bond donors (Lipinski definition) is 2. The van der Waals surface area contributed by atoms with Crippen LogP contribution in [0.5, 0.6) is 11.5 Å². The van der Waals surface area contributed by atoms with Crippen LogP contribution in [0.25, 0.3) is 0 Å². The third-order valence-electron chi connectivity index (χ3n) is 5.08. The second-order valence-electron chi connectivity index (χ2n) is 7.20.